The van der Waals surface area contributed by atoms with Crippen molar-refractivity contribution >= 4 is 12.0 Å². The van der Waals surface area contributed by atoms with Gasteiger partial charge in [-0.15, -0.1) is 0 Å². The van der Waals surface area contributed by atoms with Gasteiger partial charge in [0.05, 0.1) is 0 Å². The summed E-state index contributed by atoms with van der Waals surface area (Å²) < 4.78 is 5.95. The highest BCUT2D eigenvalue weighted by atomic mass is 16.5. The van der Waals surface area contributed by atoms with Crippen LogP contribution in [0.2, 0.25) is 0 Å². The van der Waals surface area contributed by atoms with Gasteiger partial charge in [-0.2, -0.15) is 0 Å². The minimum atomic E-state index is -0.204. The van der Waals surface area contributed by atoms with Crippen LogP contribution in [0.25, 0.3) is 6.08 Å². The third kappa shape index (κ3) is 5.44. The van der Waals surface area contributed by atoms with Crippen molar-refractivity contribution < 1.29 is 9.53 Å². The van der Waals surface area contributed by atoms with Gasteiger partial charge in [-0.05, 0) is 103 Å². The normalized spacial score (nSPS) is 37.3. The fraction of sp³-hybridized carbons (Fsp3) is 0.694. The Bertz CT molecular complexity index is 1020. The Morgan fingerprint density at radius 2 is 1.79 bits per heavy atom. The zero-order valence-corrected chi connectivity index (χ0v) is 24.8. The maximum absolute atomic E-state index is 12.6. The molecule has 3 fully saturated rings. The summed E-state index contributed by atoms with van der Waals surface area (Å²) in [4.78, 5) is 12.6. The average molecular weight is 517 g/mol. The van der Waals surface area contributed by atoms with Crippen molar-refractivity contribution in [2.75, 3.05) is 0 Å². The second-order valence-corrected chi connectivity index (χ2v) is 14.3. The molecule has 0 unspecified atom stereocenters. The second kappa shape index (κ2) is 11.3. The predicted octanol–water partition coefficient (Wildman–Crippen LogP) is 9.65. The molecule has 1 aromatic carbocycles. The van der Waals surface area contributed by atoms with E-state index in [0.29, 0.717) is 10.8 Å². The van der Waals surface area contributed by atoms with Gasteiger partial charge in [-0.1, -0.05) is 95.9 Å². The molecule has 4 aliphatic carbocycles. The van der Waals surface area contributed by atoms with E-state index in [1.165, 1.54) is 57.8 Å². The van der Waals surface area contributed by atoms with Crippen LogP contribution in [0.5, 0.6) is 0 Å². The van der Waals surface area contributed by atoms with Gasteiger partial charge in [-0.25, -0.2) is 4.79 Å². The van der Waals surface area contributed by atoms with Gasteiger partial charge in [-0.3, -0.25) is 0 Å². The Morgan fingerprint density at radius 1 is 1.00 bits per heavy atom. The Balaban J connectivity index is 1.22. The predicted molar refractivity (Wildman–Crippen MR) is 158 cm³/mol. The van der Waals surface area contributed by atoms with E-state index in [-0.39, 0.29) is 12.1 Å². The molecule has 3 saturated carbocycles. The highest BCUT2D eigenvalue weighted by Gasteiger charge is 2.59. The molecule has 4 aliphatic rings. The summed E-state index contributed by atoms with van der Waals surface area (Å²) in [5.41, 5.74) is 3.46. The molecule has 5 rings (SSSR count). The smallest absolute Gasteiger partial charge is 0.331 e. The minimum absolute atomic E-state index is 0.0233. The molecule has 0 saturated heterocycles. The third-order valence-electron chi connectivity index (χ3n) is 11.8. The molecule has 0 N–H and O–H groups in total. The molecule has 0 radical (unpaired) electrons. The van der Waals surface area contributed by atoms with E-state index >= 15 is 0 Å². The van der Waals surface area contributed by atoms with Crippen molar-refractivity contribution in [1.82, 2.24) is 0 Å². The molecule has 0 amide bonds. The summed E-state index contributed by atoms with van der Waals surface area (Å²) in [5.74, 6) is 4.97. The number of carbonyl (C=O) groups excluding carboxylic acids is 1. The first-order valence-electron chi connectivity index (χ1n) is 15.8. The summed E-state index contributed by atoms with van der Waals surface area (Å²) in [7, 11) is 0. The summed E-state index contributed by atoms with van der Waals surface area (Å²) >= 11 is 0. The number of hydrogen-bond acceptors (Lipinski definition) is 2. The van der Waals surface area contributed by atoms with Crippen LogP contribution in [0, 0.1) is 46.3 Å². The zero-order chi connectivity index (χ0) is 26.9. The number of fused-ring (bicyclic) bond motifs is 5. The molecule has 2 heteroatoms. The van der Waals surface area contributed by atoms with E-state index < -0.39 is 0 Å². The van der Waals surface area contributed by atoms with Crippen LogP contribution in [0.1, 0.15) is 111 Å². The largest absolute Gasteiger partial charge is 0.459 e. The van der Waals surface area contributed by atoms with Crippen molar-refractivity contribution in [1.29, 1.82) is 0 Å². The van der Waals surface area contributed by atoms with Crippen LogP contribution in [-0.4, -0.2) is 12.1 Å². The highest BCUT2D eigenvalue weighted by Crippen LogP contribution is 2.67. The molecule has 208 valence electrons. The van der Waals surface area contributed by atoms with Gasteiger partial charge in [0.25, 0.3) is 0 Å². The summed E-state index contributed by atoms with van der Waals surface area (Å²) in [6, 6.07) is 9.99. The third-order valence-corrected chi connectivity index (χ3v) is 11.8. The maximum atomic E-state index is 12.6. The molecule has 8 atom stereocenters. The number of hydrogen-bond donors (Lipinski definition) is 0. The minimum Gasteiger partial charge on any atom is -0.459 e. The van der Waals surface area contributed by atoms with Crippen LogP contribution in [0.3, 0.4) is 0 Å². The SMILES string of the molecule is CC(C)CCC[C@@H](C)[C@@H]1CC[C@H]2[C@H]3CC=C4C[C@@H](OC(=O)C=Cc5ccccc5)CC[C@]4(C)[C@H]3CC[C@@]21C. The van der Waals surface area contributed by atoms with Crippen LogP contribution < -0.4 is 0 Å². The van der Waals surface area contributed by atoms with Crippen LogP contribution in [0.4, 0.5) is 0 Å². The molecular weight excluding hydrogens is 464 g/mol. The van der Waals surface area contributed by atoms with Gasteiger partial charge >= 0.3 is 5.97 Å². The van der Waals surface area contributed by atoms with Crippen molar-refractivity contribution in [2.45, 2.75) is 111 Å². The number of ether oxygens (including phenoxy) is 1. The lowest BCUT2D eigenvalue weighted by Crippen LogP contribution is -2.51. The average Bonchev–Trinajstić information content (AvgIpc) is 3.25. The zero-order valence-electron chi connectivity index (χ0n) is 24.8. The maximum Gasteiger partial charge on any atom is 0.331 e. The number of esters is 1. The number of allylic oxidation sites excluding steroid dienone is 1. The Hall–Kier alpha value is -1.83. The molecule has 0 bridgehead atoms. The fourth-order valence-corrected chi connectivity index (χ4v) is 9.68. The van der Waals surface area contributed by atoms with E-state index in [2.05, 4.69) is 40.7 Å². The van der Waals surface area contributed by atoms with Gasteiger partial charge < -0.3 is 4.74 Å². The van der Waals surface area contributed by atoms with Crippen molar-refractivity contribution in [3.8, 4) is 0 Å². The first-order valence-corrected chi connectivity index (χ1v) is 15.8. The molecular formula is C36H52O2. The topological polar surface area (TPSA) is 26.3 Å². The first kappa shape index (κ1) is 27.7. The quantitative estimate of drug-likeness (QED) is 0.195. The molecule has 2 nitrogen and oxygen atoms in total. The Kier molecular flexibility index (Phi) is 8.28. The van der Waals surface area contributed by atoms with Crippen molar-refractivity contribution in [3.63, 3.8) is 0 Å². The summed E-state index contributed by atoms with van der Waals surface area (Å²) in [5, 5.41) is 0. The fourth-order valence-electron chi connectivity index (χ4n) is 9.68. The molecule has 0 spiro atoms. The van der Waals surface area contributed by atoms with E-state index in [1.54, 1.807) is 11.6 Å². The lowest BCUT2D eigenvalue weighted by atomic mass is 9.47. The Labute approximate surface area is 232 Å². The number of carbonyl (C=O) groups is 1. The van der Waals surface area contributed by atoms with Gasteiger partial charge in [0.15, 0.2) is 0 Å². The number of benzene rings is 1. The molecule has 0 aromatic heterocycles. The van der Waals surface area contributed by atoms with Crippen LogP contribution >= 0.6 is 0 Å². The Morgan fingerprint density at radius 3 is 2.55 bits per heavy atom. The molecule has 38 heavy (non-hydrogen) atoms. The lowest BCUT2D eigenvalue weighted by molar-refractivity contribution is -0.145. The van der Waals surface area contributed by atoms with Gasteiger partial charge in [0.1, 0.15) is 6.10 Å². The van der Waals surface area contributed by atoms with Crippen molar-refractivity contribution in [2.24, 2.45) is 46.3 Å². The van der Waals surface area contributed by atoms with E-state index in [1.807, 2.05) is 36.4 Å². The summed E-state index contributed by atoms with van der Waals surface area (Å²) in [6.07, 6.45) is 20.3. The standard InChI is InChI=1S/C36H52O2/c1-25(2)10-9-11-26(3)31-17-18-32-30-16-15-28-24-29(38-34(37)19-14-27-12-7-6-8-13-27)20-22-35(28,4)33(30)21-23-36(31,32)5/h6-8,12-15,19,25-26,29-33H,9-11,16-18,20-24H2,1-5H3/t26-,29+,30-,31+,32+,33+,35+,36-/m1/s1. The number of rotatable bonds is 8. The highest BCUT2D eigenvalue weighted by molar-refractivity contribution is 5.87. The lowest BCUT2D eigenvalue weighted by Gasteiger charge is -2.58. The first-order chi connectivity index (χ1) is 18.2. The summed E-state index contributed by atoms with van der Waals surface area (Å²) in [6.45, 7) is 12.6. The van der Waals surface area contributed by atoms with Crippen LogP contribution in [-0.2, 0) is 9.53 Å². The molecule has 0 heterocycles. The van der Waals surface area contributed by atoms with E-state index in [4.69, 9.17) is 4.74 Å². The van der Waals surface area contributed by atoms with E-state index in [9.17, 15) is 4.79 Å². The molecule has 0 aliphatic heterocycles. The van der Waals surface area contributed by atoms with Gasteiger partial charge in [0.2, 0.25) is 0 Å². The van der Waals surface area contributed by atoms with Crippen LogP contribution in [0.15, 0.2) is 48.1 Å². The molecule has 1 aromatic rings. The monoisotopic (exact) mass is 516 g/mol. The van der Waals surface area contributed by atoms with Gasteiger partial charge in [0, 0.05) is 12.5 Å². The van der Waals surface area contributed by atoms with E-state index in [0.717, 1.165) is 53.9 Å². The van der Waals surface area contributed by atoms with Crippen molar-refractivity contribution in [3.05, 3.63) is 53.6 Å². The second-order valence-electron chi connectivity index (χ2n) is 14.3.